The summed E-state index contributed by atoms with van der Waals surface area (Å²) in [5.41, 5.74) is 9.36. The molecule has 0 saturated carbocycles. The van der Waals surface area contributed by atoms with Crippen molar-refractivity contribution in [1.82, 2.24) is 10.4 Å². The van der Waals surface area contributed by atoms with E-state index in [1.807, 2.05) is 30.3 Å². The van der Waals surface area contributed by atoms with Crippen LogP contribution in [0.15, 0.2) is 35.4 Å². The zero-order valence-corrected chi connectivity index (χ0v) is 12.2. The van der Waals surface area contributed by atoms with Crippen LogP contribution in [0.25, 0.3) is 10.4 Å². The largest absolute Gasteiger partial charge is 0.432 e. The van der Waals surface area contributed by atoms with Gasteiger partial charge < -0.3 is 10.2 Å². The van der Waals surface area contributed by atoms with E-state index < -0.39 is 23.9 Å². The lowest BCUT2D eigenvalue weighted by Gasteiger charge is -2.18. The standard InChI is InChI=1S/C14H15N5O4/c15-18-16-9-11(8-10-4-2-1-3-5-10)17-14(22)23-19-12(20)6-7-13(19)21/h1-5,11H,6-9H2,(H,17,22)/t11-/m0/s1. The van der Waals surface area contributed by atoms with Gasteiger partial charge in [0.05, 0.1) is 0 Å². The average Bonchev–Trinajstić information content (AvgIpc) is 2.85. The summed E-state index contributed by atoms with van der Waals surface area (Å²) in [6.07, 6.45) is -0.476. The van der Waals surface area contributed by atoms with Crippen molar-refractivity contribution in [3.8, 4) is 0 Å². The van der Waals surface area contributed by atoms with E-state index in [1.165, 1.54) is 0 Å². The fourth-order valence-electron chi connectivity index (χ4n) is 2.13. The van der Waals surface area contributed by atoms with E-state index in [0.717, 1.165) is 5.56 Å². The highest BCUT2D eigenvalue weighted by Gasteiger charge is 2.33. The Bertz CT molecular complexity index is 626. The average molecular weight is 317 g/mol. The summed E-state index contributed by atoms with van der Waals surface area (Å²) in [7, 11) is 0. The van der Waals surface area contributed by atoms with Crippen molar-refractivity contribution in [3.05, 3.63) is 46.3 Å². The zero-order valence-electron chi connectivity index (χ0n) is 12.2. The molecule has 0 bridgehead atoms. The summed E-state index contributed by atoms with van der Waals surface area (Å²) >= 11 is 0. The first kappa shape index (κ1) is 16.3. The molecule has 0 aromatic heterocycles. The highest BCUT2D eigenvalue weighted by molar-refractivity contribution is 6.01. The first-order chi connectivity index (χ1) is 11.1. The van der Waals surface area contributed by atoms with Gasteiger partial charge in [0.1, 0.15) is 0 Å². The number of benzene rings is 1. The summed E-state index contributed by atoms with van der Waals surface area (Å²) in [5.74, 6) is -1.11. The van der Waals surface area contributed by atoms with Crippen LogP contribution in [-0.2, 0) is 20.8 Å². The van der Waals surface area contributed by atoms with Crippen molar-refractivity contribution in [2.45, 2.75) is 25.3 Å². The van der Waals surface area contributed by atoms with E-state index in [2.05, 4.69) is 15.3 Å². The van der Waals surface area contributed by atoms with Crippen LogP contribution in [0.5, 0.6) is 0 Å². The fraction of sp³-hybridized carbons (Fsp3) is 0.357. The minimum Gasteiger partial charge on any atom is -0.316 e. The molecule has 3 amide bonds. The van der Waals surface area contributed by atoms with Crippen molar-refractivity contribution in [1.29, 1.82) is 0 Å². The Balaban J connectivity index is 1.96. The maximum atomic E-state index is 11.8. The molecular weight excluding hydrogens is 302 g/mol. The summed E-state index contributed by atoms with van der Waals surface area (Å²) in [4.78, 5) is 42.0. The third-order valence-corrected chi connectivity index (χ3v) is 3.19. The second-order valence-electron chi connectivity index (χ2n) is 4.91. The van der Waals surface area contributed by atoms with Gasteiger partial charge in [0.2, 0.25) is 0 Å². The van der Waals surface area contributed by atoms with Crippen LogP contribution in [-0.4, -0.2) is 35.6 Å². The van der Waals surface area contributed by atoms with Gasteiger partial charge >= 0.3 is 6.09 Å². The first-order valence-electron chi connectivity index (χ1n) is 6.99. The zero-order chi connectivity index (χ0) is 16.7. The number of hydrogen-bond donors (Lipinski definition) is 1. The smallest absolute Gasteiger partial charge is 0.316 e. The molecule has 9 heteroatoms. The maximum Gasteiger partial charge on any atom is 0.432 e. The molecule has 1 aliphatic heterocycles. The van der Waals surface area contributed by atoms with Crippen molar-refractivity contribution in [3.63, 3.8) is 0 Å². The molecule has 120 valence electrons. The Hall–Kier alpha value is -3.06. The van der Waals surface area contributed by atoms with Crippen LogP contribution in [0.3, 0.4) is 0 Å². The van der Waals surface area contributed by atoms with E-state index >= 15 is 0 Å². The number of hydroxylamine groups is 2. The van der Waals surface area contributed by atoms with Gasteiger partial charge in [-0.05, 0) is 17.5 Å². The number of rotatable bonds is 6. The van der Waals surface area contributed by atoms with E-state index in [1.54, 1.807) is 0 Å². The van der Waals surface area contributed by atoms with Gasteiger partial charge in [0.15, 0.2) is 0 Å². The SMILES string of the molecule is [N-]=[N+]=NC[C@H](Cc1ccccc1)NC(=O)ON1C(=O)CCC1=O. The molecule has 9 nitrogen and oxygen atoms in total. The van der Waals surface area contributed by atoms with Gasteiger partial charge in [0, 0.05) is 30.3 Å². The molecule has 0 aliphatic carbocycles. The molecule has 1 saturated heterocycles. The normalized spacial score (nSPS) is 15.0. The molecule has 23 heavy (non-hydrogen) atoms. The third kappa shape index (κ3) is 4.72. The van der Waals surface area contributed by atoms with Crippen molar-refractivity contribution in [2.24, 2.45) is 5.11 Å². The molecule has 1 aromatic rings. The number of nitrogens with one attached hydrogen (secondary N) is 1. The molecular formula is C14H15N5O4. The van der Waals surface area contributed by atoms with Crippen molar-refractivity contribution >= 4 is 17.9 Å². The summed E-state index contributed by atoms with van der Waals surface area (Å²) in [6.45, 7) is 0.0163. The van der Waals surface area contributed by atoms with Crippen LogP contribution in [0, 0.1) is 0 Å². The molecule has 1 heterocycles. The lowest BCUT2D eigenvalue weighted by Crippen LogP contribution is -2.43. The summed E-state index contributed by atoms with van der Waals surface area (Å²) in [6, 6.07) is 8.76. The van der Waals surface area contributed by atoms with Gasteiger partial charge in [-0.1, -0.05) is 35.4 Å². The lowest BCUT2D eigenvalue weighted by atomic mass is 10.1. The van der Waals surface area contributed by atoms with E-state index in [-0.39, 0.29) is 19.4 Å². The van der Waals surface area contributed by atoms with Gasteiger partial charge in [-0.2, -0.15) is 0 Å². The molecule has 0 unspecified atom stereocenters. The number of hydrogen-bond acceptors (Lipinski definition) is 5. The fourth-order valence-corrected chi connectivity index (χ4v) is 2.13. The highest BCUT2D eigenvalue weighted by atomic mass is 16.7. The monoisotopic (exact) mass is 317 g/mol. The maximum absolute atomic E-state index is 11.8. The van der Waals surface area contributed by atoms with Gasteiger partial charge in [-0.3, -0.25) is 9.59 Å². The minimum atomic E-state index is -0.942. The summed E-state index contributed by atoms with van der Waals surface area (Å²) in [5, 5.41) is 6.40. The van der Waals surface area contributed by atoms with Crippen LogP contribution in [0.4, 0.5) is 4.79 Å². The molecule has 2 rings (SSSR count). The molecule has 1 atom stereocenters. The highest BCUT2D eigenvalue weighted by Crippen LogP contribution is 2.12. The Morgan fingerprint density at radius 3 is 2.57 bits per heavy atom. The molecule has 1 N–H and O–H groups in total. The predicted molar refractivity (Wildman–Crippen MR) is 78.7 cm³/mol. The Morgan fingerprint density at radius 1 is 1.30 bits per heavy atom. The quantitative estimate of drug-likeness (QED) is 0.371. The van der Waals surface area contributed by atoms with E-state index in [4.69, 9.17) is 10.4 Å². The number of nitrogens with zero attached hydrogens (tertiary/aromatic N) is 4. The molecule has 1 fully saturated rings. The minimum absolute atomic E-state index is 0.0163. The van der Waals surface area contributed by atoms with Gasteiger partial charge in [-0.25, -0.2) is 4.79 Å². The number of carbonyl (C=O) groups excluding carboxylic acids is 3. The number of carbonyl (C=O) groups is 3. The summed E-state index contributed by atoms with van der Waals surface area (Å²) < 4.78 is 0. The van der Waals surface area contributed by atoms with Gasteiger partial charge in [-0.15, -0.1) is 5.06 Å². The lowest BCUT2D eigenvalue weighted by molar-refractivity contribution is -0.171. The van der Waals surface area contributed by atoms with Crippen LogP contribution in [0.1, 0.15) is 18.4 Å². The Labute approximate surface area is 131 Å². The second kappa shape index (κ2) is 7.81. The second-order valence-corrected chi connectivity index (χ2v) is 4.91. The number of imide groups is 1. The van der Waals surface area contributed by atoms with Crippen LogP contribution < -0.4 is 5.32 Å². The molecule has 1 aliphatic rings. The van der Waals surface area contributed by atoms with Crippen molar-refractivity contribution < 1.29 is 19.2 Å². The molecule has 1 aromatic carbocycles. The first-order valence-corrected chi connectivity index (χ1v) is 6.99. The van der Waals surface area contributed by atoms with Crippen LogP contribution >= 0.6 is 0 Å². The molecule has 0 spiro atoms. The van der Waals surface area contributed by atoms with Gasteiger partial charge in [0.25, 0.3) is 11.8 Å². The van der Waals surface area contributed by atoms with E-state index in [9.17, 15) is 14.4 Å². The van der Waals surface area contributed by atoms with Crippen LogP contribution in [0.2, 0.25) is 0 Å². The van der Waals surface area contributed by atoms with E-state index in [0.29, 0.717) is 11.5 Å². The third-order valence-electron chi connectivity index (χ3n) is 3.19. The Kier molecular flexibility index (Phi) is 5.54. The predicted octanol–water partition coefficient (Wildman–Crippen LogP) is 1.70. The van der Waals surface area contributed by atoms with Crippen molar-refractivity contribution in [2.75, 3.05) is 6.54 Å². The molecule has 0 radical (unpaired) electrons. The topological polar surface area (TPSA) is 124 Å². The Morgan fingerprint density at radius 2 is 1.96 bits per heavy atom. The number of amides is 3. The number of azide groups is 1.